The lowest BCUT2D eigenvalue weighted by atomic mass is 10.0. The minimum absolute atomic E-state index is 0.0137. The fraction of sp³-hybridized carbons (Fsp3) is 0.333. The molecule has 1 atom stereocenters. The molecule has 1 aliphatic rings. The van der Waals surface area contributed by atoms with Gasteiger partial charge in [0.1, 0.15) is 5.75 Å². The van der Waals surface area contributed by atoms with Crippen molar-refractivity contribution in [3.8, 4) is 5.75 Å². The zero-order valence-electron chi connectivity index (χ0n) is 7.06. The van der Waals surface area contributed by atoms with Crippen LogP contribution in [0.25, 0.3) is 0 Å². The minimum Gasteiger partial charge on any atom is -0.492 e. The number of ether oxygens (including phenoxy) is 1. The van der Waals surface area contributed by atoms with E-state index in [0.717, 1.165) is 0 Å². The van der Waals surface area contributed by atoms with Crippen LogP contribution < -0.4 is 4.74 Å². The Labute approximate surface area is 93.8 Å². The lowest BCUT2D eigenvalue weighted by Crippen LogP contribution is -2.16. The SMILES string of the molecule is O[C@H]1CCOc2c(Br)cc(Cl)c(F)c21. The van der Waals surface area contributed by atoms with Crippen molar-refractivity contribution in [2.24, 2.45) is 0 Å². The minimum atomic E-state index is -0.839. The summed E-state index contributed by atoms with van der Waals surface area (Å²) in [5.74, 6) is -0.247. The highest BCUT2D eigenvalue weighted by molar-refractivity contribution is 9.10. The molecule has 0 saturated carbocycles. The van der Waals surface area contributed by atoms with E-state index in [0.29, 0.717) is 23.2 Å². The van der Waals surface area contributed by atoms with Crippen molar-refractivity contribution < 1.29 is 14.2 Å². The second kappa shape index (κ2) is 3.68. The maximum atomic E-state index is 13.5. The molecule has 1 aromatic carbocycles. The number of rotatable bonds is 0. The maximum Gasteiger partial charge on any atom is 0.151 e. The van der Waals surface area contributed by atoms with Gasteiger partial charge in [-0.15, -0.1) is 0 Å². The molecule has 1 aromatic rings. The Morgan fingerprint density at radius 1 is 1.64 bits per heavy atom. The normalized spacial score (nSPS) is 20.1. The standard InChI is InChI=1S/C9H7BrClFO2/c10-4-3-5(11)8(12)7-6(13)1-2-14-9(4)7/h3,6,13H,1-2H2/t6-/m0/s1. The summed E-state index contributed by atoms with van der Waals surface area (Å²) in [7, 11) is 0. The molecule has 5 heteroatoms. The van der Waals surface area contributed by atoms with E-state index in [2.05, 4.69) is 15.9 Å². The highest BCUT2D eigenvalue weighted by Gasteiger charge is 2.27. The van der Waals surface area contributed by atoms with E-state index in [1.807, 2.05) is 0 Å². The van der Waals surface area contributed by atoms with E-state index in [4.69, 9.17) is 16.3 Å². The third kappa shape index (κ3) is 1.51. The molecule has 0 unspecified atom stereocenters. The third-order valence-corrected chi connectivity index (χ3v) is 3.00. The lowest BCUT2D eigenvalue weighted by Gasteiger charge is -2.23. The fourth-order valence-corrected chi connectivity index (χ4v) is 2.36. The van der Waals surface area contributed by atoms with E-state index in [1.165, 1.54) is 6.07 Å². The largest absolute Gasteiger partial charge is 0.492 e. The van der Waals surface area contributed by atoms with Crippen molar-refractivity contribution in [2.75, 3.05) is 6.61 Å². The van der Waals surface area contributed by atoms with E-state index >= 15 is 0 Å². The Balaban J connectivity index is 2.67. The first kappa shape index (κ1) is 10.2. The van der Waals surface area contributed by atoms with Crippen molar-refractivity contribution in [3.63, 3.8) is 0 Å². The second-order valence-electron chi connectivity index (χ2n) is 3.05. The molecule has 0 saturated heterocycles. The van der Waals surface area contributed by atoms with Gasteiger partial charge in [0.25, 0.3) is 0 Å². The van der Waals surface area contributed by atoms with Gasteiger partial charge in [-0.25, -0.2) is 4.39 Å². The molecule has 1 N–H and O–H groups in total. The maximum absolute atomic E-state index is 13.5. The highest BCUT2D eigenvalue weighted by Crippen LogP contribution is 2.42. The molecule has 0 amide bonds. The Morgan fingerprint density at radius 2 is 2.36 bits per heavy atom. The predicted octanol–water partition coefficient (Wildman–Crippen LogP) is 3.06. The topological polar surface area (TPSA) is 29.5 Å². The van der Waals surface area contributed by atoms with Crippen LogP contribution in [0.5, 0.6) is 5.75 Å². The number of hydrogen-bond donors (Lipinski definition) is 1. The smallest absolute Gasteiger partial charge is 0.151 e. The summed E-state index contributed by atoms with van der Waals surface area (Å²) in [5.41, 5.74) is 0.149. The number of aliphatic hydroxyl groups excluding tert-OH is 1. The van der Waals surface area contributed by atoms with Crippen LogP contribution in [-0.2, 0) is 0 Å². The van der Waals surface area contributed by atoms with Gasteiger partial charge in [-0.2, -0.15) is 0 Å². The second-order valence-corrected chi connectivity index (χ2v) is 4.31. The predicted molar refractivity (Wildman–Crippen MR) is 54.2 cm³/mol. The molecule has 2 rings (SSSR count). The Hall–Kier alpha value is -0.320. The van der Waals surface area contributed by atoms with Crippen LogP contribution in [0.4, 0.5) is 4.39 Å². The molecule has 0 spiro atoms. The molecule has 14 heavy (non-hydrogen) atoms. The highest BCUT2D eigenvalue weighted by atomic mass is 79.9. The monoisotopic (exact) mass is 280 g/mol. The van der Waals surface area contributed by atoms with Crippen molar-refractivity contribution in [1.82, 2.24) is 0 Å². The quantitative estimate of drug-likeness (QED) is 0.741. The van der Waals surface area contributed by atoms with Gasteiger partial charge in [-0.05, 0) is 22.0 Å². The number of hydrogen-bond acceptors (Lipinski definition) is 2. The van der Waals surface area contributed by atoms with E-state index < -0.39 is 11.9 Å². The summed E-state index contributed by atoms with van der Waals surface area (Å²) in [6.45, 7) is 0.383. The van der Waals surface area contributed by atoms with Crippen molar-refractivity contribution in [2.45, 2.75) is 12.5 Å². The molecule has 2 nitrogen and oxygen atoms in total. The summed E-state index contributed by atoms with van der Waals surface area (Å²) in [4.78, 5) is 0. The molecular weight excluding hydrogens is 274 g/mol. The zero-order chi connectivity index (χ0) is 10.3. The van der Waals surface area contributed by atoms with E-state index in [9.17, 15) is 9.50 Å². The van der Waals surface area contributed by atoms with Gasteiger partial charge in [0.2, 0.25) is 0 Å². The summed E-state index contributed by atoms with van der Waals surface area (Å²) in [6, 6.07) is 1.42. The lowest BCUT2D eigenvalue weighted by molar-refractivity contribution is 0.110. The first-order valence-corrected chi connectivity index (χ1v) is 5.26. The first-order valence-electron chi connectivity index (χ1n) is 4.09. The number of aliphatic hydroxyl groups is 1. The molecule has 0 fully saturated rings. The average Bonchev–Trinajstić information content (AvgIpc) is 2.14. The first-order chi connectivity index (χ1) is 6.61. The summed E-state index contributed by atoms with van der Waals surface area (Å²) in [5, 5.41) is 9.58. The number of halogens is 3. The third-order valence-electron chi connectivity index (χ3n) is 2.13. The van der Waals surface area contributed by atoms with E-state index in [1.54, 1.807) is 0 Å². The molecule has 0 aromatic heterocycles. The Bertz CT molecular complexity index is 384. The molecule has 1 heterocycles. The van der Waals surface area contributed by atoms with E-state index in [-0.39, 0.29) is 10.6 Å². The van der Waals surface area contributed by atoms with Crippen LogP contribution in [0.3, 0.4) is 0 Å². The zero-order valence-corrected chi connectivity index (χ0v) is 9.40. The summed E-state index contributed by atoms with van der Waals surface area (Å²) >= 11 is 8.85. The Morgan fingerprint density at radius 3 is 3.07 bits per heavy atom. The van der Waals surface area contributed by atoms with Crippen molar-refractivity contribution in [3.05, 3.63) is 26.9 Å². The number of fused-ring (bicyclic) bond motifs is 1. The van der Waals surface area contributed by atoms with Gasteiger partial charge in [0, 0.05) is 6.42 Å². The van der Waals surface area contributed by atoms with Crippen molar-refractivity contribution in [1.29, 1.82) is 0 Å². The molecule has 76 valence electrons. The van der Waals surface area contributed by atoms with Crippen LogP contribution >= 0.6 is 27.5 Å². The average molecular weight is 282 g/mol. The summed E-state index contributed by atoms with van der Waals surface area (Å²) in [6.07, 6.45) is -0.454. The van der Waals surface area contributed by atoms with Crippen molar-refractivity contribution >= 4 is 27.5 Å². The molecule has 0 bridgehead atoms. The van der Waals surface area contributed by atoms with Gasteiger partial charge in [-0.1, -0.05) is 11.6 Å². The number of benzene rings is 1. The van der Waals surface area contributed by atoms with Gasteiger partial charge in [0.05, 0.1) is 27.8 Å². The van der Waals surface area contributed by atoms with Gasteiger partial charge in [-0.3, -0.25) is 0 Å². The van der Waals surface area contributed by atoms with Crippen LogP contribution in [0.2, 0.25) is 5.02 Å². The molecular formula is C9H7BrClFO2. The molecule has 1 aliphatic heterocycles. The van der Waals surface area contributed by atoms with Gasteiger partial charge < -0.3 is 9.84 Å². The van der Waals surface area contributed by atoms with Crippen LogP contribution in [0.1, 0.15) is 18.1 Å². The van der Waals surface area contributed by atoms with Crippen LogP contribution in [0.15, 0.2) is 10.5 Å². The molecule has 0 radical (unpaired) electrons. The molecule has 0 aliphatic carbocycles. The van der Waals surface area contributed by atoms with Crippen LogP contribution in [0, 0.1) is 5.82 Å². The summed E-state index contributed by atoms with van der Waals surface area (Å²) < 4.78 is 19.3. The fourth-order valence-electron chi connectivity index (χ4n) is 1.46. The van der Waals surface area contributed by atoms with Gasteiger partial charge in [0.15, 0.2) is 5.82 Å². The van der Waals surface area contributed by atoms with Crippen LogP contribution in [-0.4, -0.2) is 11.7 Å². The van der Waals surface area contributed by atoms with Gasteiger partial charge >= 0.3 is 0 Å². The Kier molecular flexibility index (Phi) is 2.68.